The van der Waals surface area contributed by atoms with Gasteiger partial charge in [0.25, 0.3) is 5.89 Å². The molecule has 2 heterocycles. The summed E-state index contributed by atoms with van der Waals surface area (Å²) in [5.41, 5.74) is 4.74. The fraction of sp³-hybridized carbons (Fsp3) is 0.370. The summed E-state index contributed by atoms with van der Waals surface area (Å²) in [6, 6.07) is 13.1. The molecule has 1 unspecified atom stereocenters. The van der Waals surface area contributed by atoms with Crippen LogP contribution < -0.4 is 10.1 Å². The zero-order valence-corrected chi connectivity index (χ0v) is 21.6. The zero-order valence-electron chi connectivity index (χ0n) is 20.8. The highest BCUT2D eigenvalue weighted by Crippen LogP contribution is 2.40. The molecule has 7 nitrogen and oxygen atoms in total. The van der Waals surface area contributed by atoms with Gasteiger partial charge in [0.1, 0.15) is 0 Å². The minimum atomic E-state index is -0.370. The molecule has 8 heteroatoms. The number of allylic oxidation sites excluding steroid dienone is 1. The molecule has 1 aliphatic heterocycles. The summed E-state index contributed by atoms with van der Waals surface area (Å²) >= 11 is 5.75. The third kappa shape index (κ3) is 5.17. The maximum absolute atomic E-state index is 10.4. The van der Waals surface area contributed by atoms with Crippen molar-refractivity contribution in [2.24, 2.45) is 5.92 Å². The predicted octanol–water partition coefficient (Wildman–Crippen LogP) is 5.72. The van der Waals surface area contributed by atoms with Crippen LogP contribution in [-0.2, 0) is 6.42 Å². The molecular formula is C27H32N4O3S. The largest absolute Gasteiger partial charge is 0.504 e. The molecule has 0 saturated heterocycles. The average Bonchev–Trinajstić information content (AvgIpc) is 3.33. The van der Waals surface area contributed by atoms with Crippen LogP contribution in [0.4, 0.5) is 0 Å². The molecule has 2 aromatic carbocycles. The highest BCUT2D eigenvalue weighted by molar-refractivity contribution is 7.80. The van der Waals surface area contributed by atoms with Crippen LogP contribution in [0.15, 0.2) is 52.7 Å². The second-order valence-corrected chi connectivity index (χ2v) is 9.51. The van der Waals surface area contributed by atoms with Gasteiger partial charge in [-0.3, -0.25) is 0 Å². The van der Waals surface area contributed by atoms with E-state index in [1.54, 1.807) is 12.1 Å². The molecule has 1 aromatic heterocycles. The lowest BCUT2D eigenvalue weighted by Crippen LogP contribution is -2.46. The van der Waals surface area contributed by atoms with Gasteiger partial charge in [0, 0.05) is 17.8 Å². The van der Waals surface area contributed by atoms with Crippen LogP contribution in [0.5, 0.6) is 11.5 Å². The highest BCUT2D eigenvalue weighted by Gasteiger charge is 2.34. The van der Waals surface area contributed by atoms with Gasteiger partial charge in [0.2, 0.25) is 5.82 Å². The summed E-state index contributed by atoms with van der Waals surface area (Å²) in [5, 5.41) is 18.8. The van der Waals surface area contributed by atoms with Crippen molar-refractivity contribution in [1.29, 1.82) is 0 Å². The average molecular weight is 493 g/mol. The number of aromatic hydroxyl groups is 1. The number of phenolic OH excluding ortho intramolecular Hbond substituents is 1. The van der Waals surface area contributed by atoms with E-state index < -0.39 is 0 Å². The second-order valence-electron chi connectivity index (χ2n) is 9.12. The van der Waals surface area contributed by atoms with Crippen molar-refractivity contribution < 1.29 is 14.4 Å². The molecule has 1 aliphatic rings. The number of hydrogen-bond acceptors (Lipinski definition) is 6. The Labute approximate surface area is 211 Å². The monoisotopic (exact) mass is 492 g/mol. The van der Waals surface area contributed by atoms with Crippen molar-refractivity contribution in [3.63, 3.8) is 0 Å². The normalized spacial score (nSPS) is 16.1. The zero-order chi connectivity index (χ0) is 25.1. The number of aryl methyl sites for hydroxylation is 1. The van der Waals surface area contributed by atoms with Crippen molar-refractivity contribution in [3.05, 3.63) is 65.2 Å². The Kier molecular flexibility index (Phi) is 7.40. The minimum Gasteiger partial charge on any atom is -0.504 e. The molecule has 0 amide bonds. The Morgan fingerprint density at radius 1 is 1.20 bits per heavy atom. The molecular weight excluding hydrogens is 460 g/mol. The molecule has 0 fully saturated rings. The number of nitrogens with one attached hydrogen (secondary N) is 1. The van der Waals surface area contributed by atoms with Crippen LogP contribution in [0.1, 0.15) is 57.2 Å². The van der Waals surface area contributed by atoms with Gasteiger partial charge in [-0.2, -0.15) is 4.98 Å². The van der Waals surface area contributed by atoms with E-state index in [9.17, 15) is 5.11 Å². The molecule has 0 saturated carbocycles. The number of rotatable bonds is 8. The van der Waals surface area contributed by atoms with Crippen LogP contribution in [0.2, 0.25) is 0 Å². The Morgan fingerprint density at radius 3 is 2.57 bits per heavy atom. The smallest absolute Gasteiger partial charge is 0.258 e. The topological polar surface area (TPSA) is 83.7 Å². The number of thiocarbonyl (C=S) groups is 1. The van der Waals surface area contributed by atoms with Gasteiger partial charge >= 0.3 is 0 Å². The van der Waals surface area contributed by atoms with Crippen LogP contribution in [0, 0.1) is 5.92 Å². The lowest BCUT2D eigenvalue weighted by Gasteiger charge is -2.37. The first-order valence-electron chi connectivity index (χ1n) is 11.9. The highest BCUT2D eigenvalue weighted by atomic mass is 32.1. The van der Waals surface area contributed by atoms with Crippen LogP contribution in [0.3, 0.4) is 0 Å². The SMILES string of the molecule is CCc1ccc(-c2noc(C3=C(C)N(CCC(C)C)C(=S)NC3c3ccc(OC)c(O)c3)n2)cc1. The molecule has 2 N–H and O–H groups in total. The summed E-state index contributed by atoms with van der Waals surface area (Å²) in [4.78, 5) is 6.85. The summed E-state index contributed by atoms with van der Waals surface area (Å²) in [5.74, 6) is 1.94. The Balaban J connectivity index is 1.78. The number of aromatic nitrogens is 2. The Hall–Kier alpha value is -3.39. The number of methoxy groups -OCH3 is 1. The molecule has 0 radical (unpaired) electrons. The van der Waals surface area contributed by atoms with E-state index in [4.69, 9.17) is 26.5 Å². The molecule has 184 valence electrons. The molecule has 0 bridgehead atoms. The van der Waals surface area contributed by atoms with Crippen molar-refractivity contribution >= 4 is 22.9 Å². The first kappa shape index (κ1) is 24.7. The molecule has 35 heavy (non-hydrogen) atoms. The minimum absolute atomic E-state index is 0.0548. The van der Waals surface area contributed by atoms with Crippen molar-refractivity contribution in [2.45, 2.75) is 46.6 Å². The van der Waals surface area contributed by atoms with E-state index in [0.717, 1.165) is 41.8 Å². The van der Waals surface area contributed by atoms with Gasteiger partial charge in [-0.05, 0) is 61.2 Å². The van der Waals surface area contributed by atoms with E-state index in [0.29, 0.717) is 28.5 Å². The van der Waals surface area contributed by atoms with Crippen LogP contribution >= 0.6 is 12.2 Å². The molecule has 4 rings (SSSR count). The van der Waals surface area contributed by atoms with Gasteiger partial charge in [0.15, 0.2) is 16.6 Å². The first-order valence-corrected chi connectivity index (χ1v) is 12.3. The van der Waals surface area contributed by atoms with E-state index in [1.165, 1.54) is 12.7 Å². The van der Waals surface area contributed by atoms with E-state index in [2.05, 4.69) is 48.3 Å². The van der Waals surface area contributed by atoms with E-state index in [1.807, 2.05) is 25.1 Å². The van der Waals surface area contributed by atoms with E-state index >= 15 is 0 Å². The maximum atomic E-state index is 10.4. The van der Waals surface area contributed by atoms with Crippen LogP contribution in [0.25, 0.3) is 17.0 Å². The van der Waals surface area contributed by atoms with Crippen molar-refractivity contribution in [2.75, 3.05) is 13.7 Å². The predicted molar refractivity (Wildman–Crippen MR) is 141 cm³/mol. The van der Waals surface area contributed by atoms with Crippen molar-refractivity contribution in [1.82, 2.24) is 20.4 Å². The second kappa shape index (κ2) is 10.5. The fourth-order valence-electron chi connectivity index (χ4n) is 4.19. The molecule has 1 atom stereocenters. The standard InChI is InChI=1S/C27H32N4O3S/c1-6-18-7-9-19(10-8-18)25-29-26(34-30-25)23-17(4)31(14-13-16(2)3)27(35)28-24(23)20-11-12-22(33-5)21(32)15-20/h7-12,15-16,24,32H,6,13-14H2,1-5H3,(H,28,35). The van der Waals surface area contributed by atoms with Gasteiger partial charge in [-0.25, -0.2) is 0 Å². The van der Waals surface area contributed by atoms with Gasteiger partial charge in [0.05, 0.1) is 18.7 Å². The third-order valence-electron chi connectivity index (χ3n) is 6.34. The summed E-state index contributed by atoms with van der Waals surface area (Å²) < 4.78 is 11.0. The number of phenols is 1. The quantitative estimate of drug-likeness (QED) is 0.386. The van der Waals surface area contributed by atoms with Gasteiger partial charge in [-0.1, -0.05) is 56.3 Å². The molecule has 0 aliphatic carbocycles. The number of hydrogen-bond donors (Lipinski definition) is 2. The Bertz CT molecular complexity index is 1230. The number of nitrogens with zero attached hydrogens (tertiary/aromatic N) is 3. The number of ether oxygens (including phenoxy) is 1. The maximum Gasteiger partial charge on any atom is 0.258 e. The van der Waals surface area contributed by atoms with Gasteiger partial charge < -0.3 is 24.6 Å². The fourth-order valence-corrected chi connectivity index (χ4v) is 4.54. The molecule has 0 spiro atoms. The lowest BCUT2D eigenvalue weighted by molar-refractivity contribution is 0.372. The molecule has 3 aromatic rings. The summed E-state index contributed by atoms with van der Waals surface area (Å²) in [7, 11) is 1.53. The first-order chi connectivity index (χ1) is 16.8. The van der Waals surface area contributed by atoms with E-state index in [-0.39, 0.29) is 11.8 Å². The lowest BCUT2D eigenvalue weighted by atomic mass is 9.94. The van der Waals surface area contributed by atoms with Crippen LogP contribution in [-0.4, -0.2) is 38.9 Å². The summed E-state index contributed by atoms with van der Waals surface area (Å²) in [6.45, 7) is 9.31. The Morgan fingerprint density at radius 2 is 1.94 bits per heavy atom. The summed E-state index contributed by atoms with van der Waals surface area (Å²) in [6.07, 6.45) is 1.96. The third-order valence-corrected chi connectivity index (χ3v) is 6.68. The van der Waals surface area contributed by atoms with Gasteiger partial charge in [-0.15, -0.1) is 0 Å². The van der Waals surface area contributed by atoms with Crippen molar-refractivity contribution in [3.8, 4) is 22.9 Å². The number of benzene rings is 2.